The van der Waals surface area contributed by atoms with Gasteiger partial charge in [0.25, 0.3) is 5.92 Å². The first kappa shape index (κ1) is 15.6. The third-order valence-corrected chi connectivity index (χ3v) is 3.63. The highest BCUT2D eigenvalue weighted by Gasteiger charge is 2.32. The fraction of sp³-hybridized carbons (Fsp3) is 0.533. The Kier molecular flexibility index (Phi) is 4.66. The van der Waals surface area contributed by atoms with Gasteiger partial charge in [-0.3, -0.25) is 4.79 Å². The van der Waals surface area contributed by atoms with E-state index in [-0.39, 0.29) is 11.0 Å². The summed E-state index contributed by atoms with van der Waals surface area (Å²) in [6.45, 7) is 6.17. The van der Waals surface area contributed by atoms with E-state index in [1.54, 1.807) is 12.1 Å². The van der Waals surface area contributed by atoms with Crippen LogP contribution in [-0.2, 0) is 16.1 Å². The smallest absolute Gasteiger partial charge is 0.303 e. The summed E-state index contributed by atoms with van der Waals surface area (Å²) >= 11 is 0. The van der Waals surface area contributed by atoms with Crippen molar-refractivity contribution in [1.29, 1.82) is 0 Å². The molecule has 0 heterocycles. The molecule has 1 rings (SSSR count). The molecule has 19 heavy (non-hydrogen) atoms. The van der Waals surface area contributed by atoms with Crippen molar-refractivity contribution in [2.45, 2.75) is 51.4 Å². The van der Waals surface area contributed by atoms with Crippen molar-refractivity contribution in [2.75, 3.05) is 0 Å². The van der Waals surface area contributed by atoms with E-state index in [4.69, 9.17) is 5.11 Å². The van der Waals surface area contributed by atoms with Crippen molar-refractivity contribution in [3.05, 3.63) is 35.4 Å². The molecule has 1 N–H and O–H groups in total. The minimum Gasteiger partial charge on any atom is -0.481 e. The molecule has 0 bridgehead atoms. The molecule has 0 radical (unpaired) electrons. The normalized spacial score (nSPS) is 12.5. The first-order chi connectivity index (χ1) is 8.69. The molecule has 1 aromatic carbocycles. The predicted octanol–water partition coefficient (Wildman–Crippen LogP) is 4.33. The second-order valence-corrected chi connectivity index (χ2v) is 5.41. The molecule has 2 nitrogen and oxygen atoms in total. The number of hydrogen-bond donors (Lipinski definition) is 1. The summed E-state index contributed by atoms with van der Waals surface area (Å²) in [7, 11) is 0. The Balaban J connectivity index is 2.89. The molecule has 0 saturated heterocycles. The lowest BCUT2D eigenvalue weighted by Gasteiger charge is -2.24. The maximum absolute atomic E-state index is 13.8. The highest BCUT2D eigenvalue weighted by atomic mass is 19.3. The molecule has 0 fully saturated rings. The molecule has 0 spiro atoms. The zero-order valence-electron chi connectivity index (χ0n) is 11.5. The van der Waals surface area contributed by atoms with E-state index in [2.05, 4.69) is 20.8 Å². The predicted molar refractivity (Wildman–Crippen MR) is 70.5 cm³/mol. The quantitative estimate of drug-likeness (QED) is 0.835. The van der Waals surface area contributed by atoms with Gasteiger partial charge in [0.05, 0.1) is 6.42 Å². The topological polar surface area (TPSA) is 37.3 Å². The van der Waals surface area contributed by atoms with Crippen LogP contribution < -0.4 is 0 Å². The Hall–Kier alpha value is -1.45. The van der Waals surface area contributed by atoms with Crippen LogP contribution in [0.5, 0.6) is 0 Å². The lowest BCUT2D eigenvalue weighted by atomic mass is 9.82. The second-order valence-electron chi connectivity index (χ2n) is 5.41. The van der Waals surface area contributed by atoms with E-state index in [1.165, 1.54) is 12.1 Å². The molecule has 0 amide bonds. The monoisotopic (exact) mass is 270 g/mol. The molecule has 0 unspecified atom stereocenters. The highest BCUT2D eigenvalue weighted by molar-refractivity contribution is 5.66. The maximum Gasteiger partial charge on any atom is 0.303 e. The Morgan fingerprint density at radius 1 is 1.16 bits per heavy atom. The lowest BCUT2D eigenvalue weighted by molar-refractivity contribution is -0.139. The Labute approximate surface area is 112 Å². The van der Waals surface area contributed by atoms with Crippen LogP contribution >= 0.6 is 0 Å². The molecule has 0 atom stereocenters. The van der Waals surface area contributed by atoms with Gasteiger partial charge in [0, 0.05) is 12.0 Å². The molecule has 4 heteroatoms. The SMILES string of the molecule is CCC(C)(C)c1ccc(C(F)(F)CCC(=O)O)cc1. The summed E-state index contributed by atoms with van der Waals surface area (Å²) in [6.07, 6.45) is -0.282. The van der Waals surface area contributed by atoms with Gasteiger partial charge in [-0.1, -0.05) is 45.0 Å². The molecular formula is C15H20F2O2. The van der Waals surface area contributed by atoms with Crippen LogP contribution in [0.4, 0.5) is 8.78 Å². The number of hydrogen-bond acceptors (Lipinski definition) is 1. The molecule has 1 aromatic rings. The van der Waals surface area contributed by atoms with E-state index in [0.717, 1.165) is 12.0 Å². The molecule has 106 valence electrons. The van der Waals surface area contributed by atoms with Crippen LogP contribution in [0.3, 0.4) is 0 Å². The van der Waals surface area contributed by atoms with Gasteiger partial charge in [-0.15, -0.1) is 0 Å². The first-order valence-corrected chi connectivity index (χ1v) is 6.39. The second kappa shape index (κ2) is 5.68. The number of rotatable bonds is 6. The fourth-order valence-electron chi connectivity index (χ4n) is 1.78. The van der Waals surface area contributed by atoms with E-state index >= 15 is 0 Å². The van der Waals surface area contributed by atoms with Crippen molar-refractivity contribution in [3.63, 3.8) is 0 Å². The van der Waals surface area contributed by atoms with Crippen LogP contribution in [0.25, 0.3) is 0 Å². The summed E-state index contributed by atoms with van der Waals surface area (Å²) in [5.41, 5.74) is 0.840. The highest BCUT2D eigenvalue weighted by Crippen LogP contribution is 2.34. The van der Waals surface area contributed by atoms with Gasteiger partial charge in [-0.25, -0.2) is 8.78 Å². The molecule has 0 aliphatic rings. The van der Waals surface area contributed by atoms with Crippen LogP contribution in [-0.4, -0.2) is 11.1 Å². The average Bonchev–Trinajstić information content (AvgIpc) is 2.37. The molecular weight excluding hydrogens is 250 g/mol. The maximum atomic E-state index is 13.8. The third kappa shape index (κ3) is 4.01. The number of carboxylic acid groups (broad SMARTS) is 1. The van der Waals surface area contributed by atoms with Gasteiger partial charge < -0.3 is 5.11 Å². The number of aliphatic carboxylic acids is 1. The summed E-state index contributed by atoms with van der Waals surface area (Å²) in [5, 5.41) is 8.47. The van der Waals surface area contributed by atoms with Gasteiger partial charge in [-0.05, 0) is 17.4 Å². The zero-order valence-corrected chi connectivity index (χ0v) is 11.5. The van der Waals surface area contributed by atoms with Crippen molar-refractivity contribution >= 4 is 5.97 Å². The van der Waals surface area contributed by atoms with Crippen molar-refractivity contribution < 1.29 is 18.7 Å². The van der Waals surface area contributed by atoms with Crippen LogP contribution in [0.1, 0.15) is 51.2 Å². The summed E-state index contributed by atoms with van der Waals surface area (Å²) < 4.78 is 27.5. The Bertz CT molecular complexity index is 436. The molecule has 0 aliphatic carbocycles. The minimum absolute atomic E-state index is 0.0467. The van der Waals surface area contributed by atoms with E-state index in [9.17, 15) is 13.6 Å². The summed E-state index contributed by atoms with van der Waals surface area (Å²) in [6, 6.07) is 6.20. The number of alkyl halides is 2. The van der Waals surface area contributed by atoms with Gasteiger partial charge >= 0.3 is 5.97 Å². The van der Waals surface area contributed by atoms with Crippen molar-refractivity contribution in [3.8, 4) is 0 Å². The standard InChI is InChI=1S/C15H20F2O2/c1-4-14(2,3)11-5-7-12(8-6-11)15(16,17)10-9-13(18)19/h5-8H,4,9-10H2,1-3H3,(H,18,19). The van der Waals surface area contributed by atoms with Crippen molar-refractivity contribution in [2.24, 2.45) is 0 Å². The lowest BCUT2D eigenvalue weighted by Crippen LogP contribution is -2.18. The van der Waals surface area contributed by atoms with Crippen LogP contribution in [0.2, 0.25) is 0 Å². The van der Waals surface area contributed by atoms with Gasteiger partial charge in [0.2, 0.25) is 0 Å². The minimum atomic E-state index is -3.09. The van der Waals surface area contributed by atoms with Gasteiger partial charge in [0.1, 0.15) is 0 Å². The van der Waals surface area contributed by atoms with E-state index in [1.807, 2.05) is 0 Å². The summed E-state index contributed by atoms with van der Waals surface area (Å²) in [4.78, 5) is 10.4. The van der Waals surface area contributed by atoms with Crippen molar-refractivity contribution in [1.82, 2.24) is 0 Å². The fourth-order valence-corrected chi connectivity index (χ4v) is 1.78. The van der Waals surface area contributed by atoms with Gasteiger partial charge in [0.15, 0.2) is 0 Å². The number of halogens is 2. The number of carbonyl (C=O) groups is 1. The van der Waals surface area contributed by atoms with E-state index < -0.39 is 24.7 Å². The number of benzene rings is 1. The third-order valence-electron chi connectivity index (χ3n) is 3.63. The average molecular weight is 270 g/mol. The number of carboxylic acids is 1. The van der Waals surface area contributed by atoms with Crippen LogP contribution in [0.15, 0.2) is 24.3 Å². The first-order valence-electron chi connectivity index (χ1n) is 6.39. The van der Waals surface area contributed by atoms with Crippen LogP contribution in [0, 0.1) is 0 Å². The molecule has 0 saturated carbocycles. The molecule has 0 aliphatic heterocycles. The summed E-state index contributed by atoms with van der Waals surface area (Å²) in [5.74, 6) is -4.30. The zero-order chi connectivity index (χ0) is 14.7. The van der Waals surface area contributed by atoms with E-state index in [0.29, 0.717) is 0 Å². The Morgan fingerprint density at radius 3 is 2.05 bits per heavy atom. The Morgan fingerprint density at radius 2 is 1.63 bits per heavy atom. The largest absolute Gasteiger partial charge is 0.481 e. The molecule has 0 aromatic heterocycles. The van der Waals surface area contributed by atoms with Gasteiger partial charge in [-0.2, -0.15) is 0 Å².